The summed E-state index contributed by atoms with van der Waals surface area (Å²) >= 11 is 1.15. The molecule has 8 heteroatoms. The van der Waals surface area contributed by atoms with Crippen LogP contribution in [0.3, 0.4) is 0 Å². The van der Waals surface area contributed by atoms with Crippen molar-refractivity contribution in [2.75, 3.05) is 6.61 Å². The second kappa shape index (κ2) is 8.47. The van der Waals surface area contributed by atoms with Gasteiger partial charge in [0, 0.05) is 10.7 Å². The van der Waals surface area contributed by atoms with Crippen molar-refractivity contribution in [3.63, 3.8) is 0 Å². The van der Waals surface area contributed by atoms with E-state index in [1.54, 1.807) is 6.07 Å². The third-order valence-electron chi connectivity index (χ3n) is 4.69. The van der Waals surface area contributed by atoms with Crippen molar-refractivity contribution in [1.82, 2.24) is 10.6 Å². The summed E-state index contributed by atoms with van der Waals surface area (Å²) in [4.78, 5) is 36.1. The van der Waals surface area contributed by atoms with Crippen molar-refractivity contribution in [2.45, 2.75) is 38.6 Å². The van der Waals surface area contributed by atoms with Crippen LogP contribution >= 0.6 is 11.3 Å². The van der Waals surface area contributed by atoms with Crippen LogP contribution in [0, 0.1) is 11.7 Å². The van der Waals surface area contributed by atoms with Crippen LogP contribution < -0.4 is 10.6 Å². The number of urea groups is 1. The fraction of sp³-hybridized carbons (Fsp3) is 0.421. The number of imide groups is 1. The van der Waals surface area contributed by atoms with Crippen LogP contribution in [-0.2, 0) is 9.53 Å². The van der Waals surface area contributed by atoms with E-state index in [9.17, 15) is 18.8 Å². The third-order valence-corrected chi connectivity index (χ3v) is 5.79. The number of ether oxygens (including phenoxy) is 1. The fourth-order valence-electron chi connectivity index (χ4n) is 3.21. The topological polar surface area (TPSA) is 84.5 Å². The third kappa shape index (κ3) is 5.03. The molecule has 27 heavy (non-hydrogen) atoms. The molecule has 2 N–H and O–H groups in total. The highest BCUT2D eigenvalue weighted by Gasteiger charge is 2.23. The summed E-state index contributed by atoms with van der Waals surface area (Å²) in [6.45, 7) is 1.51. The molecule has 0 unspecified atom stereocenters. The molecule has 1 aromatic heterocycles. The molecule has 0 spiro atoms. The van der Waals surface area contributed by atoms with Crippen LogP contribution in [0.5, 0.6) is 0 Å². The number of benzene rings is 1. The largest absolute Gasteiger partial charge is 0.451 e. The van der Waals surface area contributed by atoms with Gasteiger partial charge in [-0.3, -0.25) is 10.1 Å². The van der Waals surface area contributed by atoms with E-state index >= 15 is 0 Å². The first-order valence-corrected chi connectivity index (χ1v) is 9.70. The van der Waals surface area contributed by atoms with Gasteiger partial charge in [0.2, 0.25) is 0 Å². The van der Waals surface area contributed by atoms with Crippen molar-refractivity contribution >= 4 is 39.3 Å². The normalized spacial score (nSPS) is 19.5. The lowest BCUT2D eigenvalue weighted by Crippen LogP contribution is -2.48. The van der Waals surface area contributed by atoms with Gasteiger partial charge in [0.05, 0.1) is 0 Å². The monoisotopic (exact) mass is 392 g/mol. The van der Waals surface area contributed by atoms with E-state index in [-0.39, 0.29) is 10.9 Å². The molecule has 1 aromatic carbocycles. The molecule has 0 radical (unpaired) electrons. The smallest absolute Gasteiger partial charge is 0.348 e. The Morgan fingerprint density at radius 1 is 1.22 bits per heavy atom. The maximum atomic E-state index is 13.2. The molecule has 1 heterocycles. The number of hydrogen-bond acceptors (Lipinski definition) is 5. The summed E-state index contributed by atoms with van der Waals surface area (Å²) in [5.74, 6) is -1.40. The molecule has 1 fully saturated rings. The SMILES string of the molecule is C[C@@H]1CCCC[C@@H]1NC(=O)NC(=O)COC(=O)c1cc2cc(F)ccc2s1. The number of halogens is 1. The number of nitrogens with one attached hydrogen (secondary N) is 2. The van der Waals surface area contributed by atoms with E-state index in [1.165, 1.54) is 18.2 Å². The van der Waals surface area contributed by atoms with Gasteiger partial charge in [-0.15, -0.1) is 11.3 Å². The molecule has 3 amide bonds. The van der Waals surface area contributed by atoms with E-state index in [4.69, 9.17) is 4.74 Å². The molecule has 144 valence electrons. The van der Waals surface area contributed by atoms with Crippen LogP contribution in [-0.4, -0.2) is 30.6 Å². The van der Waals surface area contributed by atoms with Crippen molar-refractivity contribution in [1.29, 1.82) is 0 Å². The van der Waals surface area contributed by atoms with Crippen LogP contribution in [0.2, 0.25) is 0 Å². The highest BCUT2D eigenvalue weighted by Crippen LogP contribution is 2.27. The summed E-state index contributed by atoms with van der Waals surface area (Å²) in [7, 11) is 0. The number of thiophene rings is 1. The van der Waals surface area contributed by atoms with Crippen molar-refractivity contribution < 1.29 is 23.5 Å². The Kier molecular flexibility index (Phi) is 6.05. The molecule has 0 aliphatic heterocycles. The summed E-state index contributed by atoms with van der Waals surface area (Å²) in [5.41, 5.74) is 0. The highest BCUT2D eigenvalue weighted by molar-refractivity contribution is 7.20. The number of fused-ring (bicyclic) bond motifs is 1. The predicted octanol–water partition coefficient (Wildman–Crippen LogP) is 3.60. The number of esters is 1. The van der Waals surface area contributed by atoms with Crippen LogP contribution in [0.4, 0.5) is 9.18 Å². The molecule has 3 rings (SSSR count). The predicted molar refractivity (Wildman–Crippen MR) is 100 cm³/mol. The molecule has 0 saturated heterocycles. The van der Waals surface area contributed by atoms with Gasteiger partial charge in [-0.25, -0.2) is 14.0 Å². The average molecular weight is 392 g/mol. The van der Waals surface area contributed by atoms with E-state index in [0.717, 1.165) is 41.7 Å². The molecule has 6 nitrogen and oxygen atoms in total. The first-order chi connectivity index (χ1) is 12.9. The lowest BCUT2D eigenvalue weighted by molar-refractivity contribution is -0.123. The summed E-state index contributed by atoms with van der Waals surface area (Å²) in [6.07, 6.45) is 4.15. The van der Waals surface area contributed by atoms with Gasteiger partial charge in [-0.05, 0) is 48.4 Å². The number of amides is 3. The first kappa shape index (κ1) is 19.3. The maximum absolute atomic E-state index is 13.2. The van der Waals surface area contributed by atoms with Crippen LogP contribution in [0.15, 0.2) is 24.3 Å². The molecule has 2 aromatic rings. The number of hydrogen-bond donors (Lipinski definition) is 2. The van der Waals surface area contributed by atoms with Crippen molar-refractivity contribution in [3.05, 3.63) is 35.0 Å². The minimum absolute atomic E-state index is 0.0491. The van der Waals surface area contributed by atoms with E-state index in [2.05, 4.69) is 17.6 Å². The Morgan fingerprint density at radius 2 is 2.00 bits per heavy atom. The highest BCUT2D eigenvalue weighted by atomic mass is 32.1. The molecule has 0 bridgehead atoms. The maximum Gasteiger partial charge on any atom is 0.348 e. The summed E-state index contributed by atoms with van der Waals surface area (Å²) in [5, 5.41) is 5.57. The number of carbonyl (C=O) groups excluding carboxylic acids is 3. The fourth-order valence-corrected chi connectivity index (χ4v) is 4.15. The van der Waals surface area contributed by atoms with Crippen molar-refractivity contribution in [2.24, 2.45) is 5.92 Å². The zero-order valence-electron chi connectivity index (χ0n) is 14.9. The Labute approximate surface area is 160 Å². The average Bonchev–Trinajstić information content (AvgIpc) is 3.04. The minimum atomic E-state index is -0.698. The summed E-state index contributed by atoms with van der Waals surface area (Å²) < 4.78 is 18.9. The summed E-state index contributed by atoms with van der Waals surface area (Å²) in [6, 6.07) is 5.20. The van der Waals surface area contributed by atoms with Crippen molar-refractivity contribution in [3.8, 4) is 0 Å². The van der Waals surface area contributed by atoms with Gasteiger partial charge >= 0.3 is 12.0 Å². The zero-order chi connectivity index (χ0) is 19.4. The van der Waals surface area contributed by atoms with Gasteiger partial charge < -0.3 is 10.1 Å². The molecule has 1 aliphatic carbocycles. The zero-order valence-corrected chi connectivity index (χ0v) is 15.7. The van der Waals surface area contributed by atoms with E-state index in [0.29, 0.717) is 11.3 Å². The van der Waals surface area contributed by atoms with Crippen LogP contribution in [0.1, 0.15) is 42.3 Å². The lowest BCUT2D eigenvalue weighted by atomic mass is 9.86. The molecular formula is C19H21FN2O4S. The molecule has 1 aliphatic rings. The second-order valence-electron chi connectivity index (χ2n) is 6.76. The quantitative estimate of drug-likeness (QED) is 0.779. The van der Waals surface area contributed by atoms with E-state index in [1.807, 2.05) is 0 Å². The van der Waals surface area contributed by atoms with Gasteiger partial charge in [0.25, 0.3) is 5.91 Å². The second-order valence-corrected chi connectivity index (χ2v) is 7.84. The molecule has 2 atom stereocenters. The Hall–Kier alpha value is -2.48. The Morgan fingerprint density at radius 3 is 2.78 bits per heavy atom. The van der Waals surface area contributed by atoms with Gasteiger partial charge in [0.15, 0.2) is 6.61 Å². The van der Waals surface area contributed by atoms with Crippen LogP contribution in [0.25, 0.3) is 10.1 Å². The minimum Gasteiger partial charge on any atom is -0.451 e. The number of rotatable bonds is 4. The Bertz CT molecular complexity index is 867. The van der Waals surface area contributed by atoms with Gasteiger partial charge in [0.1, 0.15) is 10.7 Å². The Balaban J connectivity index is 1.47. The number of carbonyl (C=O) groups is 3. The molecular weight excluding hydrogens is 371 g/mol. The first-order valence-electron chi connectivity index (χ1n) is 8.89. The van der Waals surface area contributed by atoms with Gasteiger partial charge in [-0.1, -0.05) is 19.8 Å². The standard InChI is InChI=1S/C19H21FN2O4S/c1-11-4-2-3-5-14(11)21-19(25)22-17(23)10-26-18(24)16-9-12-8-13(20)6-7-15(12)27-16/h6-9,11,14H,2-5,10H2,1H3,(H2,21,22,23,25)/t11-,14+/m1/s1. The van der Waals surface area contributed by atoms with E-state index < -0.39 is 30.3 Å². The molecule has 1 saturated carbocycles. The lowest BCUT2D eigenvalue weighted by Gasteiger charge is -2.29. The van der Waals surface area contributed by atoms with Gasteiger partial charge in [-0.2, -0.15) is 0 Å².